The maximum absolute atomic E-state index is 5.58. The van der Waals surface area contributed by atoms with Crippen LogP contribution in [0.15, 0.2) is 0 Å². The number of hydrogen-bond donors (Lipinski definition) is 0. The van der Waals surface area contributed by atoms with Crippen LogP contribution in [0.3, 0.4) is 0 Å². The van der Waals surface area contributed by atoms with Gasteiger partial charge >= 0.3 is 0 Å². The van der Waals surface area contributed by atoms with E-state index in [-0.39, 0.29) is 14.9 Å². The van der Waals surface area contributed by atoms with Crippen LogP contribution in [0.25, 0.3) is 0 Å². The van der Waals surface area contributed by atoms with Gasteiger partial charge in [-0.05, 0) is 40.4 Å². The predicted octanol–water partition coefficient (Wildman–Crippen LogP) is 0.898. The highest BCUT2D eigenvalue weighted by atomic mass is 28.2. The average Bonchev–Trinajstić information content (AvgIpc) is 2.32. The zero-order chi connectivity index (χ0) is 13.1. The van der Waals surface area contributed by atoms with Gasteiger partial charge in [0, 0.05) is 27.4 Å². The molecule has 0 aliphatic heterocycles. The maximum atomic E-state index is 5.58. The zero-order valence-electron chi connectivity index (χ0n) is 12.1. The molecule has 0 spiro atoms. The van der Waals surface area contributed by atoms with Crippen LogP contribution < -0.4 is 0 Å². The molecule has 0 unspecified atom stereocenters. The third-order valence-corrected chi connectivity index (χ3v) is 5.27. The Morgan fingerprint density at radius 2 is 1.65 bits per heavy atom. The molecule has 0 saturated carbocycles. The SMILES string of the molecule is COC(C)(OC)[SiH2]CCCOCCCN(C)C. The van der Waals surface area contributed by atoms with Crippen molar-refractivity contribution in [2.24, 2.45) is 0 Å². The van der Waals surface area contributed by atoms with Crippen LogP contribution >= 0.6 is 0 Å². The van der Waals surface area contributed by atoms with E-state index in [0.29, 0.717) is 0 Å². The quantitative estimate of drug-likeness (QED) is 0.315. The Bertz CT molecular complexity index is 175. The van der Waals surface area contributed by atoms with Crippen molar-refractivity contribution in [3.63, 3.8) is 0 Å². The van der Waals surface area contributed by atoms with E-state index in [4.69, 9.17) is 14.2 Å². The molecule has 4 nitrogen and oxygen atoms in total. The summed E-state index contributed by atoms with van der Waals surface area (Å²) in [4.78, 5) is 2.18. The van der Waals surface area contributed by atoms with Crippen LogP contribution in [-0.4, -0.2) is 67.9 Å². The van der Waals surface area contributed by atoms with Crippen LogP contribution in [0.2, 0.25) is 6.04 Å². The Kier molecular flexibility index (Phi) is 10.1. The van der Waals surface area contributed by atoms with Crippen molar-refractivity contribution in [1.29, 1.82) is 0 Å². The van der Waals surface area contributed by atoms with E-state index < -0.39 is 0 Å². The Morgan fingerprint density at radius 3 is 2.18 bits per heavy atom. The minimum absolute atomic E-state index is 0.301. The fraction of sp³-hybridized carbons (Fsp3) is 1.00. The van der Waals surface area contributed by atoms with Gasteiger partial charge in [-0.25, -0.2) is 0 Å². The molecule has 104 valence electrons. The van der Waals surface area contributed by atoms with Gasteiger partial charge in [-0.1, -0.05) is 6.04 Å². The molecule has 0 aliphatic rings. The van der Waals surface area contributed by atoms with E-state index in [9.17, 15) is 0 Å². The lowest BCUT2D eigenvalue weighted by molar-refractivity contribution is -0.130. The molecule has 0 N–H and O–H groups in total. The monoisotopic (exact) mass is 263 g/mol. The predicted molar refractivity (Wildman–Crippen MR) is 74.4 cm³/mol. The normalized spacial score (nSPS) is 13.1. The standard InChI is InChI=1S/C12H29NO3Si/c1-12(14-4,15-5)17-11-7-10-16-9-6-8-13(2)3/h6-11,17H2,1-5H3. The van der Waals surface area contributed by atoms with Gasteiger partial charge in [0.25, 0.3) is 0 Å². The summed E-state index contributed by atoms with van der Waals surface area (Å²) in [7, 11) is 7.25. The third kappa shape index (κ3) is 9.73. The van der Waals surface area contributed by atoms with Crippen molar-refractivity contribution < 1.29 is 14.2 Å². The van der Waals surface area contributed by atoms with Crippen LogP contribution in [0, 0.1) is 0 Å². The molecule has 0 saturated heterocycles. The van der Waals surface area contributed by atoms with E-state index in [1.54, 1.807) is 14.2 Å². The van der Waals surface area contributed by atoms with Crippen LogP contribution in [0.4, 0.5) is 0 Å². The Labute approximate surface area is 108 Å². The van der Waals surface area contributed by atoms with Crippen molar-refractivity contribution in [3.8, 4) is 0 Å². The molecule has 0 atom stereocenters. The average molecular weight is 263 g/mol. The summed E-state index contributed by atoms with van der Waals surface area (Å²) >= 11 is 0. The highest BCUT2D eigenvalue weighted by molar-refractivity contribution is 6.38. The molecule has 5 heteroatoms. The molecule has 17 heavy (non-hydrogen) atoms. The van der Waals surface area contributed by atoms with E-state index in [1.807, 2.05) is 6.92 Å². The third-order valence-electron chi connectivity index (χ3n) is 2.93. The molecular weight excluding hydrogens is 234 g/mol. The summed E-state index contributed by atoms with van der Waals surface area (Å²) < 4.78 is 16.3. The number of nitrogens with zero attached hydrogens (tertiary/aromatic N) is 1. The molecule has 0 aromatic rings. The highest BCUT2D eigenvalue weighted by Gasteiger charge is 2.21. The second-order valence-electron chi connectivity index (χ2n) is 4.77. The highest BCUT2D eigenvalue weighted by Crippen LogP contribution is 2.10. The van der Waals surface area contributed by atoms with Gasteiger partial charge in [-0.3, -0.25) is 0 Å². The summed E-state index contributed by atoms with van der Waals surface area (Å²) in [5.41, 5.74) is -0.301. The summed E-state index contributed by atoms with van der Waals surface area (Å²) in [6, 6.07) is 1.20. The summed E-state index contributed by atoms with van der Waals surface area (Å²) in [5.74, 6) is 0. The van der Waals surface area contributed by atoms with Gasteiger partial charge in [0.2, 0.25) is 0 Å². The van der Waals surface area contributed by atoms with Gasteiger partial charge in [-0.2, -0.15) is 0 Å². The van der Waals surface area contributed by atoms with Crippen LogP contribution in [0.5, 0.6) is 0 Å². The topological polar surface area (TPSA) is 30.9 Å². The maximum Gasteiger partial charge on any atom is 0.141 e. The number of rotatable bonds is 11. The van der Waals surface area contributed by atoms with Gasteiger partial charge in [0.15, 0.2) is 0 Å². The largest absolute Gasteiger partial charge is 0.381 e. The number of ether oxygens (including phenoxy) is 3. The fourth-order valence-corrected chi connectivity index (χ4v) is 3.03. The van der Waals surface area contributed by atoms with Crippen molar-refractivity contribution in [1.82, 2.24) is 4.90 Å². The summed E-state index contributed by atoms with van der Waals surface area (Å²) in [6.45, 7) is 4.85. The molecule has 0 rings (SSSR count). The lowest BCUT2D eigenvalue weighted by atomic mass is 10.4. The first kappa shape index (κ1) is 17.1. The van der Waals surface area contributed by atoms with E-state index in [2.05, 4.69) is 19.0 Å². The van der Waals surface area contributed by atoms with Crippen LogP contribution in [0.1, 0.15) is 19.8 Å². The van der Waals surface area contributed by atoms with Gasteiger partial charge in [-0.15, -0.1) is 0 Å². The molecule has 0 fully saturated rings. The smallest absolute Gasteiger partial charge is 0.141 e. The second-order valence-corrected chi connectivity index (χ2v) is 7.26. The van der Waals surface area contributed by atoms with Crippen molar-refractivity contribution in [3.05, 3.63) is 0 Å². The first-order valence-corrected chi connectivity index (χ1v) is 8.07. The van der Waals surface area contributed by atoms with Crippen LogP contribution in [-0.2, 0) is 14.2 Å². The molecule has 0 radical (unpaired) electrons. The Hall–Kier alpha value is 0.0569. The first-order valence-electron chi connectivity index (χ1n) is 6.37. The minimum Gasteiger partial charge on any atom is -0.381 e. The molecule has 0 aromatic heterocycles. The van der Waals surface area contributed by atoms with E-state index in [1.165, 1.54) is 6.04 Å². The lowest BCUT2D eigenvalue weighted by Gasteiger charge is -2.26. The zero-order valence-corrected chi connectivity index (χ0v) is 13.5. The second kappa shape index (κ2) is 10.0. The molecule has 0 heterocycles. The molecule has 0 amide bonds. The molecule has 0 aliphatic carbocycles. The fourth-order valence-electron chi connectivity index (χ4n) is 1.52. The van der Waals surface area contributed by atoms with E-state index >= 15 is 0 Å². The molecule has 0 aromatic carbocycles. The molecular formula is C12H29NO3Si. The van der Waals surface area contributed by atoms with Crippen molar-refractivity contribution >= 4 is 9.52 Å². The lowest BCUT2D eigenvalue weighted by Crippen LogP contribution is -2.36. The number of methoxy groups -OCH3 is 2. The van der Waals surface area contributed by atoms with Gasteiger partial charge in [0.1, 0.15) is 5.41 Å². The van der Waals surface area contributed by atoms with Crippen molar-refractivity contribution in [2.45, 2.75) is 31.2 Å². The minimum atomic E-state index is -0.356. The summed E-state index contributed by atoms with van der Waals surface area (Å²) in [6.07, 6.45) is 2.23. The Morgan fingerprint density at radius 1 is 1.06 bits per heavy atom. The summed E-state index contributed by atoms with van der Waals surface area (Å²) in [5, 5.41) is 0. The first-order chi connectivity index (χ1) is 8.04. The van der Waals surface area contributed by atoms with E-state index in [0.717, 1.165) is 32.6 Å². The molecule has 0 bridgehead atoms. The Balaban J connectivity index is 3.29. The number of hydrogen-bond acceptors (Lipinski definition) is 4. The van der Waals surface area contributed by atoms with Crippen molar-refractivity contribution in [2.75, 3.05) is 48.1 Å². The van der Waals surface area contributed by atoms with Gasteiger partial charge < -0.3 is 19.1 Å². The van der Waals surface area contributed by atoms with Gasteiger partial charge in [0.05, 0.1) is 9.52 Å².